The molecule has 0 aliphatic carbocycles. The molecule has 2 aliphatic rings. The lowest BCUT2D eigenvalue weighted by molar-refractivity contribution is -0.121. The van der Waals surface area contributed by atoms with Crippen LogP contribution in [-0.2, 0) is 9.59 Å². The molecular weight excluding hydrogens is 370 g/mol. The lowest BCUT2D eigenvalue weighted by Crippen LogP contribution is -2.49. The third-order valence-corrected chi connectivity index (χ3v) is 6.92. The van der Waals surface area contributed by atoms with Gasteiger partial charge in [0.1, 0.15) is 0 Å². The largest absolute Gasteiger partial charge is 0.369 e. The summed E-state index contributed by atoms with van der Waals surface area (Å²) in [6.45, 7) is 7.39. The van der Waals surface area contributed by atoms with E-state index in [0.29, 0.717) is 18.9 Å². The number of thioether (sulfide) groups is 1. The smallest absolute Gasteiger partial charge is 0.261 e. The van der Waals surface area contributed by atoms with E-state index in [2.05, 4.69) is 31.0 Å². The number of nitrogens with zero attached hydrogens (tertiary/aromatic N) is 2. The van der Waals surface area contributed by atoms with Crippen LogP contribution in [0.2, 0.25) is 0 Å². The number of benzene rings is 2. The molecule has 2 aliphatic heterocycles. The number of rotatable bonds is 5. The number of hydrogen-bond donors (Lipinski definition) is 1. The van der Waals surface area contributed by atoms with Crippen molar-refractivity contribution in [1.29, 1.82) is 0 Å². The Bertz CT molecular complexity index is 912. The molecule has 2 aromatic carbocycles. The summed E-state index contributed by atoms with van der Waals surface area (Å²) >= 11 is 1.49. The Morgan fingerprint density at radius 1 is 1.21 bits per heavy atom. The summed E-state index contributed by atoms with van der Waals surface area (Å²) in [4.78, 5) is 29.9. The average molecular weight is 396 g/mol. The van der Waals surface area contributed by atoms with Gasteiger partial charge in [0.2, 0.25) is 5.91 Å². The van der Waals surface area contributed by atoms with Crippen LogP contribution in [0.15, 0.2) is 53.4 Å². The van der Waals surface area contributed by atoms with Gasteiger partial charge in [-0.3, -0.25) is 14.5 Å². The predicted molar refractivity (Wildman–Crippen MR) is 115 cm³/mol. The highest BCUT2D eigenvalue weighted by Crippen LogP contribution is 2.56. The number of carbonyl (C=O) groups is 2. The molecule has 28 heavy (non-hydrogen) atoms. The molecule has 4 rings (SSSR count). The van der Waals surface area contributed by atoms with Crippen LogP contribution < -0.4 is 15.1 Å². The van der Waals surface area contributed by atoms with E-state index in [-0.39, 0.29) is 11.8 Å². The first-order valence-electron chi connectivity index (χ1n) is 9.75. The number of anilines is 3. The van der Waals surface area contributed by atoms with Crippen LogP contribution in [0.1, 0.15) is 33.6 Å². The van der Waals surface area contributed by atoms with Gasteiger partial charge in [-0.1, -0.05) is 23.9 Å². The highest BCUT2D eigenvalue weighted by Gasteiger charge is 2.57. The van der Waals surface area contributed by atoms with E-state index in [4.69, 9.17) is 0 Å². The SMILES string of the molecule is CCN(c1ccc(NC(=O)[C@]23CCC(=O)N2c2ccccc2S3)cc1)C(C)C. The van der Waals surface area contributed by atoms with Gasteiger partial charge in [0.15, 0.2) is 4.87 Å². The predicted octanol–water partition coefficient (Wildman–Crippen LogP) is 4.49. The molecule has 1 saturated heterocycles. The van der Waals surface area contributed by atoms with Crippen LogP contribution in [0.25, 0.3) is 0 Å². The summed E-state index contributed by atoms with van der Waals surface area (Å²) in [6.07, 6.45) is 0.916. The van der Waals surface area contributed by atoms with E-state index >= 15 is 0 Å². The van der Waals surface area contributed by atoms with Crippen molar-refractivity contribution in [2.75, 3.05) is 21.7 Å². The molecule has 146 valence electrons. The number of amides is 2. The molecule has 2 heterocycles. The van der Waals surface area contributed by atoms with E-state index in [0.717, 1.165) is 28.5 Å². The number of hydrogen-bond acceptors (Lipinski definition) is 4. The van der Waals surface area contributed by atoms with Crippen LogP contribution in [0.5, 0.6) is 0 Å². The standard InChI is InChI=1S/C22H25N3O2S/c1-4-24(15(2)3)17-11-9-16(10-12-17)23-21(27)22-14-13-20(26)25(22)18-7-5-6-8-19(18)28-22/h5-12,15H,4,13-14H2,1-3H3,(H,23,27)/t22-/m1/s1. The van der Waals surface area contributed by atoms with Gasteiger partial charge >= 0.3 is 0 Å². The molecule has 0 radical (unpaired) electrons. The van der Waals surface area contributed by atoms with Gasteiger partial charge < -0.3 is 10.2 Å². The van der Waals surface area contributed by atoms with Gasteiger partial charge in [0, 0.05) is 35.3 Å². The zero-order valence-corrected chi connectivity index (χ0v) is 17.3. The maximum Gasteiger partial charge on any atom is 0.261 e. The highest BCUT2D eigenvalue weighted by atomic mass is 32.2. The van der Waals surface area contributed by atoms with E-state index in [1.165, 1.54) is 11.8 Å². The lowest BCUT2D eigenvalue weighted by Gasteiger charge is -2.30. The number of carbonyl (C=O) groups excluding carboxylic acids is 2. The number of fused-ring (bicyclic) bond motifs is 3. The fourth-order valence-corrected chi connectivity index (χ4v) is 5.52. The molecule has 0 bridgehead atoms. The zero-order chi connectivity index (χ0) is 19.9. The Balaban J connectivity index is 1.56. The second-order valence-electron chi connectivity index (χ2n) is 7.46. The van der Waals surface area contributed by atoms with Crippen LogP contribution >= 0.6 is 11.8 Å². The van der Waals surface area contributed by atoms with Crippen molar-refractivity contribution in [3.05, 3.63) is 48.5 Å². The van der Waals surface area contributed by atoms with Crippen LogP contribution in [-0.4, -0.2) is 29.3 Å². The maximum atomic E-state index is 13.3. The van der Waals surface area contributed by atoms with E-state index in [1.54, 1.807) is 4.90 Å². The minimum atomic E-state index is -0.882. The fourth-order valence-electron chi connectivity index (χ4n) is 4.11. The van der Waals surface area contributed by atoms with Crippen molar-refractivity contribution >= 4 is 40.6 Å². The highest BCUT2D eigenvalue weighted by molar-refractivity contribution is 8.02. The van der Waals surface area contributed by atoms with Crippen molar-refractivity contribution in [1.82, 2.24) is 0 Å². The molecular formula is C22H25N3O2S. The molecule has 0 aromatic heterocycles. The number of para-hydroxylation sites is 1. The first kappa shape index (κ1) is 18.9. The van der Waals surface area contributed by atoms with Gasteiger partial charge in [-0.15, -0.1) is 0 Å². The quantitative estimate of drug-likeness (QED) is 0.810. The molecule has 0 unspecified atom stereocenters. The van der Waals surface area contributed by atoms with Crippen LogP contribution in [0.4, 0.5) is 17.1 Å². The summed E-state index contributed by atoms with van der Waals surface area (Å²) in [5, 5.41) is 3.04. The summed E-state index contributed by atoms with van der Waals surface area (Å²) < 4.78 is 0. The minimum absolute atomic E-state index is 0.0125. The monoisotopic (exact) mass is 395 g/mol. The van der Waals surface area contributed by atoms with Crippen molar-refractivity contribution in [2.24, 2.45) is 0 Å². The number of nitrogens with one attached hydrogen (secondary N) is 1. The Morgan fingerprint density at radius 3 is 2.61 bits per heavy atom. The maximum absolute atomic E-state index is 13.3. The van der Waals surface area contributed by atoms with Gasteiger partial charge in [0.25, 0.3) is 5.91 Å². The van der Waals surface area contributed by atoms with Crippen molar-refractivity contribution in [3.8, 4) is 0 Å². The molecule has 5 nitrogen and oxygen atoms in total. The molecule has 0 saturated carbocycles. The van der Waals surface area contributed by atoms with Gasteiger partial charge in [-0.25, -0.2) is 0 Å². The second-order valence-corrected chi connectivity index (χ2v) is 8.78. The normalized spacial score (nSPS) is 20.3. The third-order valence-electron chi connectivity index (χ3n) is 5.45. The van der Waals surface area contributed by atoms with Crippen LogP contribution in [0.3, 0.4) is 0 Å². The molecule has 1 N–H and O–H groups in total. The lowest BCUT2D eigenvalue weighted by atomic mass is 10.1. The average Bonchev–Trinajstić information content (AvgIpc) is 3.19. The van der Waals surface area contributed by atoms with E-state index < -0.39 is 4.87 Å². The van der Waals surface area contributed by atoms with Gasteiger partial charge in [0.05, 0.1) is 5.69 Å². The Kier molecular flexibility index (Phi) is 4.83. The summed E-state index contributed by atoms with van der Waals surface area (Å²) in [6, 6.07) is 16.1. The van der Waals surface area contributed by atoms with Crippen LogP contribution in [0, 0.1) is 0 Å². The molecule has 2 amide bonds. The topological polar surface area (TPSA) is 52.7 Å². The first-order chi connectivity index (χ1) is 13.5. The zero-order valence-electron chi connectivity index (χ0n) is 16.4. The minimum Gasteiger partial charge on any atom is -0.369 e. The second kappa shape index (κ2) is 7.17. The van der Waals surface area contributed by atoms with Crippen molar-refractivity contribution in [3.63, 3.8) is 0 Å². The molecule has 1 fully saturated rings. The fraction of sp³-hybridized carbons (Fsp3) is 0.364. The summed E-state index contributed by atoms with van der Waals surface area (Å²) in [7, 11) is 0. The van der Waals surface area contributed by atoms with E-state index in [1.807, 2.05) is 48.5 Å². The summed E-state index contributed by atoms with van der Waals surface area (Å²) in [5.74, 6) is -0.123. The third kappa shape index (κ3) is 2.96. The van der Waals surface area contributed by atoms with Crippen molar-refractivity contribution < 1.29 is 9.59 Å². The van der Waals surface area contributed by atoms with Gasteiger partial charge in [-0.2, -0.15) is 0 Å². The van der Waals surface area contributed by atoms with E-state index in [9.17, 15) is 9.59 Å². The molecule has 6 heteroatoms. The Hall–Kier alpha value is -2.47. The molecule has 0 spiro atoms. The summed E-state index contributed by atoms with van der Waals surface area (Å²) in [5.41, 5.74) is 2.73. The van der Waals surface area contributed by atoms with Crippen molar-refractivity contribution in [2.45, 2.75) is 49.4 Å². The first-order valence-corrected chi connectivity index (χ1v) is 10.6. The molecule has 1 atom stereocenters. The Morgan fingerprint density at radius 2 is 1.93 bits per heavy atom. The Labute approximate surface area is 170 Å². The molecule has 2 aromatic rings. The van der Waals surface area contributed by atoms with Gasteiger partial charge in [-0.05, 0) is 63.6 Å².